The molecule has 5 heteroatoms. The Morgan fingerprint density at radius 1 is 1.23 bits per heavy atom. The van der Waals surface area contributed by atoms with E-state index < -0.39 is 0 Å². The normalized spacial score (nSPS) is 16.4. The number of hydrogen-bond acceptors (Lipinski definition) is 4. The zero-order valence-electron chi connectivity index (χ0n) is 15.7. The van der Waals surface area contributed by atoms with E-state index in [9.17, 15) is 4.79 Å². The summed E-state index contributed by atoms with van der Waals surface area (Å²) in [5.41, 5.74) is 2.35. The van der Waals surface area contributed by atoms with Gasteiger partial charge >= 0.3 is 0 Å². The number of fused-ring (bicyclic) bond motifs is 1. The van der Waals surface area contributed by atoms with Crippen LogP contribution in [-0.2, 0) is 6.42 Å². The van der Waals surface area contributed by atoms with Gasteiger partial charge in [-0.1, -0.05) is 30.7 Å². The maximum Gasteiger partial charge on any atom is 0.262 e. The molecule has 0 amide bonds. The molecule has 1 aliphatic rings. The molecule has 0 aliphatic carbocycles. The number of nitrogens with zero attached hydrogens (tertiary/aromatic N) is 3. The highest BCUT2D eigenvalue weighted by molar-refractivity contribution is 7.18. The summed E-state index contributed by atoms with van der Waals surface area (Å²) in [5.74, 6) is 0.824. The molecule has 1 fully saturated rings. The van der Waals surface area contributed by atoms with Gasteiger partial charge in [-0.05, 0) is 58.5 Å². The van der Waals surface area contributed by atoms with Gasteiger partial charge < -0.3 is 4.90 Å². The smallest absolute Gasteiger partial charge is 0.262 e. The third-order valence-electron chi connectivity index (χ3n) is 5.33. The molecule has 2 aromatic heterocycles. The van der Waals surface area contributed by atoms with Crippen molar-refractivity contribution in [3.8, 4) is 11.4 Å². The number of benzene rings is 1. The van der Waals surface area contributed by atoms with Crippen LogP contribution in [0.5, 0.6) is 0 Å². The van der Waals surface area contributed by atoms with E-state index in [1.54, 1.807) is 11.3 Å². The van der Waals surface area contributed by atoms with Crippen LogP contribution in [0.2, 0.25) is 0 Å². The molecular formula is C21H25N3OS. The first-order valence-corrected chi connectivity index (χ1v) is 10.2. The third kappa shape index (κ3) is 3.10. The van der Waals surface area contributed by atoms with E-state index >= 15 is 0 Å². The van der Waals surface area contributed by atoms with Crippen molar-refractivity contribution in [1.29, 1.82) is 0 Å². The van der Waals surface area contributed by atoms with Crippen molar-refractivity contribution in [2.75, 3.05) is 20.1 Å². The van der Waals surface area contributed by atoms with E-state index in [0.29, 0.717) is 0 Å². The molecule has 0 bridgehead atoms. The molecular weight excluding hydrogens is 342 g/mol. The van der Waals surface area contributed by atoms with Crippen LogP contribution in [0.15, 0.2) is 35.1 Å². The van der Waals surface area contributed by atoms with Crippen LogP contribution >= 0.6 is 11.3 Å². The summed E-state index contributed by atoms with van der Waals surface area (Å²) in [6.07, 6.45) is 2.93. The molecule has 0 spiro atoms. The Balaban J connectivity index is 1.95. The van der Waals surface area contributed by atoms with Gasteiger partial charge in [-0.15, -0.1) is 11.3 Å². The molecule has 0 unspecified atom stereocenters. The van der Waals surface area contributed by atoms with Crippen molar-refractivity contribution in [1.82, 2.24) is 14.5 Å². The van der Waals surface area contributed by atoms with Gasteiger partial charge in [0.15, 0.2) is 0 Å². The summed E-state index contributed by atoms with van der Waals surface area (Å²) in [7, 11) is 2.15. The van der Waals surface area contributed by atoms with Crippen LogP contribution in [0, 0.1) is 6.92 Å². The van der Waals surface area contributed by atoms with Crippen LogP contribution in [-0.4, -0.2) is 34.6 Å². The maximum absolute atomic E-state index is 13.4. The summed E-state index contributed by atoms with van der Waals surface area (Å²) < 4.78 is 1.98. The Morgan fingerprint density at radius 2 is 2.00 bits per heavy atom. The zero-order valence-corrected chi connectivity index (χ0v) is 16.5. The molecule has 26 heavy (non-hydrogen) atoms. The molecule has 3 heterocycles. The molecule has 4 nitrogen and oxygen atoms in total. The minimum atomic E-state index is 0.122. The Morgan fingerprint density at radius 3 is 2.69 bits per heavy atom. The van der Waals surface area contributed by atoms with Crippen LogP contribution in [0.3, 0.4) is 0 Å². The first kappa shape index (κ1) is 17.4. The molecule has 136 valence electrons. The van der Waals surface area contributed by atoms with Crippen LogP contribution in [0.1, 0.15) is 36.2 Å². The highest BCUT2D eigenvalue weighted by Crippen LogP contribution is 2.30. The first-order valence-electron chi connectivity index (χ1n) is 9.37. The molecule has 3 aromatic rings. The lowest BCUT2D eigenvalue weighted by Crippen LogP contribution is -2.36. The number of aromatic nitrogens is 2. The van der Waals surface area contributed by atoms with Crippen molar-refractivity contribution in [2.24, 2.45) is 0 Å². The summed E-state index contributed by atoms with van der Waals surface area (Å²) in [4.78, 5) is 22.8. The van der Waals surface area contributed by atoms with Gasteiger partial charge in [-0.3, -0.25) is 9.36 Å². The monoisotopic (exact) mass is 367 g/mol. The minimum absolute atomic E-state index is 0.122. The second-order valence-electron chi connectivity index (χ2n) is 7.30. The Hall–Kier alpha value is -1.98. The number of hydrogen-bond donors (Lipinski definition) is 0. The quantitative estimate of drug-likeness (QED) is 0.694. The topological polar surface area (TPSA) is 38.1 Å². The van der Waals surface area contributed by atoms with E-state index in [-0.39, 0.29) is 11.6 Å². The first-order chi connectivity index (χ1) is 12.6. The van der Waals surface area contributed by atoms with Crippen molar-refractivity contribution >= 4 is 21.6 Å². The molecule has 0 atom stereocenters. The lowest BCUT2D eigenvalue weighted by molar-refractivity contribution is 0.219. The Bertz CT molecular complexity index is 996. The summed E-state index contributed by atoms with van der Waals surface area (Å²) in [6.45, 7) is 6.25. The number of likely N-dealkylation sites (tertiary alicyclic amines) is 1. The van der Waals surface area contributed by atoms with Gasteiger partial charge in [0.25, 0.3) is 5.56 Å². The summed E-state index contributed by atoms with van der Waals surface area (Å²) >= 11 is 1.65. The van der Waals surface area contributed by atoms with Gasteiger partial charge in [0, 0.05) is 16.5 Å². The van der Waals surface area contributed by atoms with E-state index in [0.717, 1.165) is 54.0 Å². The van der Waals surface area contributed by atoms with Crippen molar-refractivity contribution in [3.63, 3.8) is 0 Å². The highest BCUT2D eigenvalue weighted by atomic mass is 32.1. The fourth-order valence-corrected chi connectivity index (χ4v) is 4.76. The van der Waals surface area contributed by atoms with E-state index in [4.69, 9.17) is 4.98 Å². The third-order valence-corrected chi connectivity index (χ3v) is 6.50. The predicted molar refractivity (Wildman–Crippen MR) is 109 cm³/mol. The largest absolute Gasteiger partial charge is 0.306 e. The molecule has 0 N–H and O–H groups in total. The summed E-state index contributed by atoms with van der Waals surface area (Å²) in [5, 5.41) is 0.780. The van der Waals surface area contributed by atoms with Crippen molar-refractivity contribution in [3.05, 3.63) is 51.1 Å². The van der Waals surface area contributed by atoms with Gasteiger partial charge in [-0.2, -0.15) is 0 Å². The van der Waals surface area contributed by atoms with E-state index in [2.05, 4.69) is 44.0 Å². The highest BCUT2D eigenvalue weighted by Gasteiger charge is 2.24. The standard InChI is InChI=1S/C21H25N3OS/c1-4-17-13-18-20(26-17)22-19(15-7-5-6-14(2)12-15)24(21(18)25)16-8-10-23(3)11-9-16/h5-7,12-13,16H,4,8-11H2,1-3H3. The average molecular weight is 368 g/mol. The lowest BCUT2D eigenvalue weighted by atomic mass is 10.0. The molecule has 1 saturated heterocycles. The zero-order chi connectivity index (χ0) is 18.3. The molecule has 1 aromatic carbocycles. The van der Waals surface area contributed by atoms with Gasteiger partial charge in [0.05, 0.1) is 5.39 Å². The van der Waals surface area contributed by atoms with Crippen molar-refractivity contribution in [2.45, 2.75) is 39.2 Å². The Kier molecular flexibility index (Phi) is 4.67. The second kappa shape index (κ2) is 6.97. The average Bonchev–Trinajstić information content (AvgIpc) is 3.06. The minimum Gasteiger partial charge on any atom is -0.306 e. The summed E-state index contributed by atoms with van der Waals surface area (Å²) in [6, 6.07) is 10.6. The number of piperidine rings is 1. The van der Waals surface area contributed by atoms with Crippen LogP contribution in [0.4, 0.5) is 0 Å². The molecule has 4 rings (SSSR count). The lowest BCUT2D eigenvalue weighted by Gasteiger charge is -2.31. The molecule has 0 radical (unpaired) electrons. The van der Waals surface area contributed by atoms with Crippen LogP contribution in [0.25, 0.3) is 21.6 Å². The number of thiophene rings is 1. The van der Waals surface area contributed by atoms with E-state index in [1.807, 2.05) is 16.7 Å². The maximum atomic E-state index is 13.4. The van der Waals surface area contributed by atoms with Gasteiger partial charge in [0.1, 0.15) is 10.7 Å². The Labute approximate surface area is 158 Å². The number of rotatable bonds is 3. The fourth-order valence-electron chi connectivity index (χ4n) is 3.80. The number of aryl methyl sites for hydroxylation is 2. The SMILES string of the molecule is CCc1cc2c(=O)n(C3CCN(C)CC3)c(-c3cccc(C)c3)nc2s1. The van der Waals surface area contributed by atoms with Gasteiger partial charge in [-0.25, -0.2) is 4.98 Å². The molecule has 0 saturated carbocycles. The fraction of sp³-hybridized carbons (Fsp3) is 0.429. The van der Waals surface area contributed by atoms with Crippen molar-refractivity contribution < 1.29 is 0 Å². The van der Waals surface area contributed by atoms with E-state index in [1.165, 1.54) is 10.4 Å². The predicted octanol–water partition coefficient (Wildman–Crippen LogP) is 4.26. The molecule has 1 aliphatic heterocycles. The van der Waals surface area contributed by atoms with Gasteiger partial charge in [0.2, 0.25) is 0 Å². The van der Waals surface area contributed by atoms with Crippen LogP contribution < -0.4 is 5.56 Å². The second-order valence-corrected chi connectivity index (χ2v) is 8.41.